The molecule has 2 heterocycles. The highest BCUT2D eigenvalue weighted by molar-refractivity contribution is 9.10. The minimum absolute atomic E-state index is 0.0399. The Morgan fingerprint density at radius 1 is 1.00 bits per heavy atom. The fraction of sp³-hybridized carbons (Fsp3) is 0.333. The molecule has 1 unspecified atom stereocenters. The third-order valence-corrected chi connectivity index (χ3v) is 6.41. The molecule has 3 N–H and O–H groups in total. The van der Waals surface area contributed by atoms with E-state index in [0.717, 1.165) is 25.7 Å². The van der Waals surface area contributed by atoms with Gasteiger partial charge in [-0.3, -0.25) is 4.79 Å². The maximum Gasteiger partial charge on any atom is 0.435 e. The molecule has 4 rings (SSSR count). The van der Waals surface area contributed by atoms with Crippen molar-refractivity contribution in [2.24, 2.45) is 0 Å². The summed E-state index contributed by atoms with van der Waals surface area (Å²) in [6.07, 6.45) is 3.82. The lowest BCUT2D eigenvalue weighted by Gasteiger charge is -2.22. The lowest BCUT2D eigenvalue weighted by molar-refractivity contribution is -0.117. The number of nitrogens with one attached hydrogen (secondary N) is 3. The van der Waals surface area contributed by atoms with E-state index in [4.69, 9.17) is 9.47 Å². The number of nitrogens with zero attached hydrogens (tertiary/aromatic N) is 2. The number of aromatic nitrogens is 3. The maximum absolute atomic E-state index is 13.6. The molecule has 11 heteroatoms. The van der Waals surface area contributed by atoms with E-state index in [2.05, 4.69) is 36.6 Å². The molecule has 0 saturated carbocycles. The van der Waals surface area contributed by atoms with Gasteiger partial charge in [-0.05, 0) is 65.3 Å². The van der Waals surface area contributed by atoms with Gasteiger partial charge < -0.3 is 25.1 Å². The minimum atomic E-state index is -0.688. The fourth-order valence-corrected chi connectivity index (χ4v) is 4.41. The second-order valence-electron chi connectivity index (χ2n) is 11.6. The third kappa shape index (κ3) is 7.75. The highest BCUT2D eigenvalue weighted by atomic mass is 79.9. The Morgan fingerprint density at radius 2 is 1.68 bits per heavy atom. The number of benzene rings is 2. The second kappa shape index (κ2) is 11.8. The number of ether oxygens (including phenoxy) is 2. The van der Waals surface area contributed by atoms with Crippen molar-refractivity contribution in [2.45, 2.75) is 58.7 Å². The van der Waals surface area contributed by atoms with Gasteiger partial charge in [-0.1, -0.05) is 40.2 Å². The molecular formula is C30H34BrN5O5. The molecule has 41 heavy (non-hydrogen) atoms. The number of aromatic amines is 1. The van der Waals surface area contributed by atoms with E-state index in [1.165, 1.54) is 0 Å². The van der Waals surface area contributed by atoms with Gasteiger partial charge in [0.05, 0.1) is 23.3 Å². The van der Waals surface area contributed by atoms with Gasteiger partial charge in [-0.2, -0.15) is 9.78 Å². The molecule has 1 atom stereocenters. The van der Waals surface area contributed by atoms with Crippen LogP contribution < -0.4 is 10.6 Å². The van der Waals surface area contributed by atoms with Crippen LogP contribution in [0.15, 0.2) is 65.5 Å². The lowest BCUT2D eigenvalue weighted by atomic mass is 9.98. The summed E-state index contributed by atoms with van der Waals surface area (Å²) >= 11 is 3.43. The first-order valence-electron chi connectivity index (χ1n) is 13.1. The van der Waals surface area contributed by atoms with Crippen molar-refractivity contribution in [3.8, 4) is 11.1 Å². The number of carbonyl (C=O) groups excluding carboxylic acids is 3. The molecule has 0 radical (unpaired) electrons. The summed E-state index contributed by atoms with van der Waals surface area (Å²) in [6, 6.07) is 12.9. The quantitative estimate of drug-likeness (QED) is 0.216. The number of carbonyl (C=O) groups is 3. The molecule has 0 saturated heterocycles. The van der Waals surface area contributed by atoms with Gasteiger partial charge in [-0.15, -0.1) is 0 Å². The van der Waals surface area contributed by atoms with Crippen molar-refractivity contribution in [3.63, 3.8) is 0 Å². The molecule has 0 bridgehead atoms. The van der Waals surface area contributed by atoms with Crippen LogP contribution >= 0.6 is 15.9 Å². The Hall–Kier alpha value is -4.12. The van der Waals surface area contributed by atoms with Gasteiger partial charge in [0.15, 0.2) is 0 Å². The second-order valence-corrected chi connectivity index (χ2v) is 12.5. The van der Waals surface area contributed by atoms with Crippen LogP contribution in [0.3, 0.4) is 0 Å². The molecule has 2 amide bonds. The number of anilines is 1. The van der Waals surface area contributed by atoms with Crippen LogP contribution in [-0.2, 0) is 14.3 Å². The molecule has 0 fully saturated rings. The molecule has 2 aromatic carbocycles. The number of amides is 2. The molecule has 216 valence electrons. The number of hydrogen-bond donors (Lipinski definition) is 3. The van der Waals surface area contributed by atoms with E-state index < -0.39 is 29.3 Å². The summed E-state index contributed by atoms with van der Waals surface area (Å²) in [5, 5.41) is 10.7. The predicted molar refractivity (Wildman–Crippen MR) is 161 cm³/mol. The number of halogens is 1. The summed E-state index contributed by atoms with van der Waals surface area (Å²) in [6.45, 7) is 10.7. The van der Waals surface area contributed by atoms with Crippen molar-refractivity contribution in [2.75, 3.05) is 11.9 Å². The van der Waals surface area contributed by atoms with Crippen LogP contribution in [0.1, 0.15) is 53.0 Å². The van der Waals surface area contributed by atoms with Crippen molar-refractivity contribution in [1.82, 2.24) is 20.1 Å². The first kappa shape index (κ1) is 29.9. The summed E-state index contributed by atoms with van der Waals surface area (Å²) in [5.74, 6) is -0.989. The molecule has 2 aromatic heterocycles. The van der Waals surface area contributed by atoms with Gasteiger partial charge in [0.1, 0.15) is 11.2 Å². The van der Waals surface area contributed by atoms with E-state index >= 15 is 0 Å². The molecule has 0 aliphatic heterocycles. The van der Waals surface area contributed by atoms with Gasteiger partial charge >= 0.3 is 12.2 Å². The van der Waals surface area contributed by atoms with E-state index in [0.29, 0.717) is 16.8 Å². The molecule has 0 aliphatic carbocycles. The van der Waals surface area contributed by atoms with Crippen LogP contribution in [0.25, 0.3) is 22.0 Å². The van der Waals surface area contributed by atoms with Crippen molar-refractivity contribution >= 4 is 50.6 Å². The fourth-order valence-electron chi connectivity index (χ4n) is 4.14. The first-order valence-corrected chi connectivity index (χ1v) is 13.9. The van der Waals surface area contributed by atoms with Crippen molar-refractivity contribution in [3.05, 3.63) is 71.1 Å². The molecule has 4 aromatic rings. The summed E-state index contributed by atoms with van der Waals surface area (Å²) in [7, 11) is 0. The van der Waals surface area contributed by atoms with Crippen LogP contribution in [0.2, 0.25) is 0 Å². The van der Waals surface area contributed by atoms with E-state index in [1.54, 1.807) is 66.2 Å². The van der Waals surface area contributed by atoms with E-state index in [9.17, 15) is 14.4 Å². The number of rotatable bonds is 6. The van der Waals surface area contributed by atoms with Gasteiger partial charge in [0.25, 0.3) is 0 Å². The van der Waals surface area contributed by atoms with E-state index in [1.807, 2.05) is 36.4 Å². The average molecular weight is 625 g/mol. The topological polar surface area (TPSA) is 127 Å². The highest BCUT2D eigenvalue weighted by Gasteiger charge is 2.25. The van der Waals surface area contributed by atoms with Crippen LogP contribution in [0.4, 0.5) is 15.3 Å². The first-order chi connectivity index (χ1) is 19.2. The summed E-state index contributed by atoms with van der Waals surface area (Å²) < 4.78 is 12.8. The van der Waals surface area contributed by atoms with Gasteiger partial charge in [0, 0.05) is 39.9 Å². The number of alkyl carbamates (subject to hydrolysis) is 1. The largest absolute Gasteiger partial charge is 0.444 e. The zero-order valence-electron chi connectivity index (χ0n) is 23.9. The third-order valence-electron chi connectivity index (χ3n) is 5.89. The number of H-pyrrole nitrogens is 1. The van der Waals surface area contributed by atoms with Crippen LogP contribution in [0.5, 0.6) is 0 Å². The molecular weight excluding hydrogens is 590 g/mol. The Bertz CT molecular complexity index is 1560. The Labute approximate surface area is 246 Å². The summed E-state index contributed by atoms with van der Waals surface area (Å²) in [5.41, 5.74) is 2.21. The normalized spacial score (nSPS) is 12.6. The SMILES string of the molecule is CC(C)(C)OC(=O)NCC(C(=O)Nc1cccc2c(-c3cnn(C(=O)OC(C)(C)C)c3)c[nH]c12)c1ccc(Br)cc1. The zero-order chi connectivity index (χ0) is 29.9. The minimum Gasteiger partial charge on any atom is -0.444 e. The predicted octanol–water partition coefficient (Wildman–Crippen LogP) is 6.82. The summed E-state index contributed by atoms with van der Waals surface area (Å²) in [4.78, 5) is 41.6. The standard InChI is InChI=1S/C30H34BrN5O5/c1-29(2,3)40-27(38)33-16-23(18-10-12-20(31)13-11-18)26(37)35-24-9-7-8-21-22(15-32-25(21)24)19-14-34-36(17-19)28(39)41-30(4,5)6/h7-15,17,23,32H,16H2,1-6H3,(H,33,38)(H,35,37). The van der Waals surface area contributed by atoms with Crippen molar-refractivity contribution < 1.29 is 23.9 Å². The number of fused-ring (bicyclic) bond motifs is 1. The average Bonchev–Trinajstić information content (AvgIpc) is 3.51. The number of hydrogen-bond acceptors (Lipinski definition) is 6. The van der Waals surface area contributed by atoms with Crippen LogP contribution in [0, 0.1) is 0 Å². The van der Waals surface area contributed by atoms with Gasteiger partial charge in [0.2, 0.25) is 5.91 Å². The Kier molecular flexibility index (Phi) is 8.58. The Balaban J connectivity index is 1.57. The van der Waals surface area contributed by atoms with Crippen molar-refractivity contribution in [1.29, 1.82) is 0 Å². The van der Waals surface area contributed by atoms with Gasteiger partial charge in [-0.25, -0.2) is 9.59 Å². The molecule has 10 nitrogen and oxygen atoms in total. The van der Waals surface area contributed by atoms with Crippen LogP contribution in [-0.4, -0.2) is 50.6 Å². The Morgan fingerprint density at radius 3 is 2.34 bits per heavy atom. The highest BCUT2D eigenvalue weighted by Crippen LogP contribution is 2.33. The number of para-hydroxylation sites is 1. The lowest BCUT2D eigenvalue weighted by Crippen LogP contribution is -2.37. The molecule has 0 aliphatic rings. The monoisotopic (exact) mass is 623 g/mol. The van der Waals surface area contributed by atoms with E-state index in [-0.39, 0.29) is 12.5 Å². The zero-order valence-corrected chi connectivity index (χ0v) is 25.5. The maximum atomic E-state index is 13.6. The smallest absolute Gasteiger partial charge is 0.435 e. The molecule has 0 spiro atoms.